The number of aryl methyl sites for hydroxylation is 1. The predicted molar refractivity (Wildman–Crippen MR) is 120 cm³/mol. The van der Waals surface area contributed by atoms with Gasteiger partial charge in [0.15, 0.2) is 5.82 Å². The summed E-state index contributed by atoms with van der Waals surface area (Å²) < 4.78 is 1.85. The summed E-state index contributed by atoms with van der Waals surface area (Å²) in [5.41, 5.74) is 3.27. The van der Waals surface area contributed by atoms with E-state index in [-0.39, 0.29) is 5.69 Å². The Labute approximate surface area is 187 Å². The summed E-state index contributed by atoms with van der Waals surface area (Å²) in [6, 6.07) is 17.6. The van der Waals surface area contributed by atoms with Gasteiger partial charge in [-0.25, -0.2) is 14.6 Å². The Hall–Kier alpha value is -4.11. The molecule has 0 fully saturated rings. The van der Waals surface area contributed by atoms with E-state index in [1.54, 1.807) is 23.3 Å². The molecule has 0 radical (unpaired) electrons. The summed E-state index contributed by atoms with van der Waals surface area (Å²) >= 11 is 6.10. The van der Waals surface area contributed by atoms with Gasteiger partial charge in [0.05, 0.1) is 11.5 Å². The maximum Gasteiger partial charge on any atom is 0.269 e. The van der Waals surface area contributed by atoms with Crippen molar-refractivity contribution in [3.05, 3.63) is 105 Å². The molecule has 0 amide bonds. The average molecular weight is 446 g/mol. The van der Waals surface area contributed by atoms with Crippen molar-refractivity contribution in [2.45, 2.75) is 13.5 Å². The maximum atomic E-state index is 11.0. The molecule has 0 atom stereocenters. The monoisotopic (exact) mass is 445 g/mol. The highest BCUT2D eigenvalue weighted by atomic mass is 35.5. The van der Waals surface area contributed by atoms with Crippen molar-refractivity contribution in [3.8, 4) is 5.82 Å². The summed E-state index contributed by atoms with van der Waals surface area (Å²) in [5, 5.41) is 26.9. The van der Waals surface area contributed by atoms with Gasteiger partial charge in [-0.05, 0) is 36.8 Å². The van der Waals surface area contributed by atoms with E-state index in [0.717, 1.165) is 16.7 Å². The highest BCUT2D eigenvalue weighted by Gasteiger charge is 2.27. The molecule has 32 heavy (non-hydrogen) atoms. The van der Waals surface area contributed by atoms with Crippen molar-refractivity contribution in [2.75, 3.05) is 5.01 Å². The second kappa shape index (κ2) is 7.86. The lowest BCUT2D eigenvalue weighted by molar-refractivity contribution is -0.384. The summed E-state index contributed by atoms with van der Waals surface area (Å²) in [7, 11) is 0. The lowest BCUT2D eigenvalue weighted by Gasteiger charge is -2.17. The van der Waals surface area contributed by atoms with Crippen molar-refractivity contribution >= 4 is 28.9 Å². The first-order valence-electron chi connectivity index (χ1n) is 9.74. The molecule has 1 aliphatic rings. The number of nitro benzene ring substituents is 1. The molecule has 10 heteroatoms. The number of pyridine rings is 1. The number of hydrazone groups is 1. The van der Waals surface area contributed by atoms with Crippen LogP contribution in [0.15, 0.2) is 72.0 Å². The first-order chi connectivity index (χ1) is 15.5. The Morgan fingerprint density at radius 2 is 1.78 bits per heavy atom. The topological polar surface area (TPSA) is 102 Å². The molecule has 158 valence electrons. The Morgan fingerprint density at radius 1 is 1.03 bits per heavy atom. The Morgan fingerprint density at radius 3 is 2.50 bits per heavy atom. The van der Waals surface area contributed by atoms with E-state index in [9.17, 15) is 10.1 Å². The second-order valence-corrected chi connectivity index (χ2v) is 7.63. The molecule has 5 rings (SSSR count). The van der Waals surface area contributed by atoms with E-state index >= 15 is 0 Å². The van der Waals surface area contributed by atoms with E-state index in [0.29, 0.717) is 34.9 Å². The fraction of sp³-hybridized carbons (Fsp3) is 0.0909. The highest BCUT2D eigenvalue weighted by molar-refractivity contribution is 6.30. The van der Waals surface area contributed by atoms with Gasteiger partial charge < -0.3 is 0 Å². The van der Waals surface area contributed by atoms with Crippen molar-refractivity contribution in [1.82, 2.24) is 19.7 Å². The quantitative estimate of drug-likeness (QED) is 0.342. The molecule has 0 aliphatic carbocycles. The molecule has 2 aromatic heterocycles. The molecule has 0 unspecified atom stereocenters. The fourth-order valence-electron chi connectivity index (χ4n) is 3.57. The average Bonchev–Trinajstić information content (AvgIpc) is 3.12. The summed E-state index contributed by atoms with van der Waals surface area (Å²) in [5.74, 6) is 1.84. The number of benzene rings is 2. The van der Waals surface area contributed by atoms with Crippen LogP contribution in [0.2, 0.25) is 5.02 Å². The molecule has 0 bridgehead atoms. The zero-order valence-corrected chi connectivity index (χ0v) is 17.6. The minimum absolute atomic E-state index is 0.0330. The number of hydrogen-bond donors (Lipinski definition) is 0. The van der Waals surface area contributed by atoms with Gasteiger partial charge in [-0.1, -0.05) is 35.9 Å². The Balaban J connectivity index is 1.67. The van der Waals surface area contributed by atoms with Gasteiger partial charge in [-0.15, -0.1) is 10.2 Å². The van der Waals surface area contributed by atoms with Crippen LogP contribution in [-0.2, 0) is 6.54 Å². The number of aromatic nitrogens is 4. The number of fused-ring (bicyclic) bond motifs is 3. The van der Waals surface area contributed by atoms with Gasteiger partial charge in [0.2, 0.25) is 0 Å². The van der Waals surface area contributed by atoms with E-state index in [1.165, 1.54) is 12.1 Å². The van der Waals surface area contributed by atoms with Crippen molar-refractivity contribution < 1.29 is 4.92 Å². The van der Waals surface area contributed by atoms with Crippen molar-refractivity contribution in [3.63, 3.8) is 0 Å². The van der Waals surface area contributed by atoms with Crippen LogP contribution in [-0.4, -0.2) is 30.4 Å². The highest BCUT2D eigenvalue weighted by Crippen LogP contribution is 2.29. The summed E-state index contributed by atoms with van der Waals surface area (Å²) in [6.45, 7) is 2.19. The van der Waals surface area contributed by atoms with E-state index < -0.39 is 4.92 Å². The first-order valence-corrected chi connectivity index (χ1v) is 10.1. The third kappa shape index (κ3) is 3.48. The van der Waals surface area contributed by atoms with Crippen LogP contribution in [0.25, 0.3) is 5.82 Å². The summed E-state index contributed by atoms with van der Waals surface area (Å²) in [6.07, 6.45) is 1.72. The van der Waals surface area contributed by atoms with Crippen LogP contribution in [0.5, 0.6) is 0 Å². The SMILES string of the molecule is Cc1nnc2n1-c1ncccc1C(c1ccc(Cl)cc1)=NN2Cc1ccc([N+](=O)[O-])cc1. The van der Waals surface area contributed by atoms with Gasteiger partial charge in [0, 0.05) is 34.5 Å². The molecule has 0 N–H and O–H groups in total. The number of hydrogen-bond acceptors (Lipinski definition) is 7. The normalized spacial score (nSPS) is 12.6. The van der Waals surface area contributed by atoms with E-state index in [4.69, 9.17) is 16.7 Å². The van der Waals surface area contributed by atoms with E-state index in [2.05, 4.69) is 15.2 Å². The number of nitrogens with zero attached hydrogens (tertiary/aromatic N) is 7. The van der Waals surface area contributed by atoms with Gasteiger partial charge >= 0.3 is 0 Å². The number of nitro groups is 1. The molecule has 0 spiro atoms. The van der Waals surface area contributed by atoms with Crippen molar-refractivity contribution in [2.24, 2.45) is 5.10 Å². The van der Waals surface area contributed by atoms with E-state index in [1.807, 2.05) is 47.9 Å². The van der Waals surface area contributed by atoms with Crippen LogP contribution >= 0.6 is 11.6 Å². The van der Waals surface area contributed by atoms with Gasteiger partial charge in [0.1, 0.15) is 11.5 Å². The van der Waals surface area contributed by atoms with Crippen LogP contribution in [0.4, 0.5) is 11.6 Å². The van der Waals surface area contributed by atoms with Crippen LogP contribution in [0, 0.1) is 17.0 Å². The fourth-order valence-corrected chi connectivity index (χ4v) is 3.69. The lowest BCUT2D eigenvalue weighted by Crippen LogP contribution is -2.20. The molecule has 0 saturated heterocycles. The zero-order chi connectivity index (χ0) is 22.2. The van der Waals surface area contributed by atoms with Gasteiger partial charge in [-0.3, -0.25) is 10.1 Å². The minimum Gasteiger partial charge on any atom is -0.258 e. The van der Waals surface area contributed by atoms with Crippen LogP contribution in [0.1, 0.15) is 22.5 Å². The van der Waals surface area contributed by atoms with Crippen LogP contribution < -0.4 is 5.01 Å². The molecule has 0 saturated carbocycles. The van der Waals surface area contributed by atoms with Gasteiger partial charge in [-0.2, -0.15) is 5.10 Å². The number of non-ortho nitro benzene ring substituents is 1. The third-order valence-corrected chi connectivity index (χ3v) is 5.36. The Bertz CT molecular complexity index is 1350. The molecule has 2 aromatic carbocycles. The molecular formula is C22H16ClN7O2. The standard InChI is InChI=1S/C22H16ClN7O2/c1-14-25-26-22-28(13-15-4-10-18(11-5-15)30(31)32)27-20(16-6-8-17(23)9-7-16)19-3-2-12-24-21(19)29(14)22/h2-12H,13H2,1H3. The molecular weight excluding hydrogens is 430 g/mol. The third-order valence-electron chi connectivity index (χ3n) is 5.11. The second-order valence-electron chi connectivity index (χ2n) is 7.19. The molecule has 4 aromatic rings. The zero-order valence-electron chi connectivity index (χ0n) is 16.9. The molecule has 1 aliphatic heterocycles. The maximum absolute atomic E-state index is 11.0. The first kappa shape index (κ1) is 19.8. The molecule has 9 nitrogen and oxygen atoms in total. The Kier molecular flexibility index (Phi) is 4.87. The smallest absolute Gasteiger partial charge is 0.258 e. The lowest BCUT2D eigenvalue weighted by atomic mass is 10.0. The number of halogens is 1. The largest absolute Gasteiger partial charge is 0.269 e. The predicted octanol–water partition coefficient (Wildman–Crippen LogP) is 4.30. The van der Waals surface area contributed by atoms with Crippen molar-refractivity contribution in [1.29, 1.82) is 0 Å². The summed E-state index contributed by atoms with van der Waals surface area (Å²) in [4.78, 5) is 15.2. The number of rotatable bonds is 4. The molecule has 3 heterocycles. The van der Waals surface area contributed by atoms with Crippen LogP contribution in [0.3, 0.4) is 0 Å². The minimum atomic E-state index is -0.422. The number of anilines is 1. The van der Waals surface area contributed by atoms with Gasteiger partial charge in [0.25, 0.3) is 11.6 Å².